The molecule has 1 N–H and O–H groups in total. The van der Waals surface area contributed by atoms with E-state index in [-0.39, 0.29) is 18.9 Å². The van der Waals surface area contributed by atoms with Crippen molar-refractivity contribution in [1.82, 2.24) is 4.31 Å². The lowest BCUT2D eigenvalue weighted by Gasteiger charge is -2.34. The Morgan fingerprint density at radius 1 is 1.62 bits per heavy atom. The third-order valence-electron chi connectivity index (χ3n) is 3.12. The van der Waals surface area contributed by atoms with Crippen LogP contribution in [0.3, 0.4) is 0 Å². The Morgan fingerprint density at radius 3 is 2.69 bits per heavy atom. The van der Waals surface area contributed by atoms with Gasteiger partial charge in [0.05, 0.1) is 12.2 Å². The zero-order chi connectivity index (χ0) is 12.3. The second-order valence-corrected chi connectivity index (χ2v) is 6.38. The summed E-state index contributed by atoms with van der Waals surface area (Å²) < 4.78 is 25.2. The van der Waals surface area contributed by atoms with E-state index in [1.54, 1.807) is 13.0 Å². The predicted octanol–water partition coefficient (Wildman–Crippen LogP) is 0.321. The Labute approximate surface area is 96.7 Å². The maximum absolute atomic E-state index is 12.0. The van der Waals surface area contributed by atoms with E-state index in [4.69, 9.17) is 5.26 Å². The van der Waals surface area contributed by atoms with Crippen LogP contribution in [0.25, 0.3) is 0 Å². The van der Waals surface area contributed by atoms with Gasteiger partial charge in [-0.15, -0.1) is 0 Å². The van der Waals surface area contributed by atoms with Crippen molar-refractivity contribution in [2.45, 2.75) is 38.0 Å². The molecule has 5 nitrogen and oxygen atoms in total. The number of rotatable bonds is 3. The van der Waals surface area contributed by atoms with Gasteiger partial charge in [0.25, 0.3) is 0 Å². The number of β-amino-alcohol motifs (C(OH)–C–C–N with tert-alkyl or cyclic N) is 1. The second kappa shape index (κ2) is 5.13. The molecule has 0 amide bonds. The summed E-state index contributed by atoms with van der Waals surface area (Å²) >= 11 is 0. The maximum Gasteiger partial charge on any atom is 0.230 e. The third kappa shape index (κ3) is 2.54. The summed E-state index contributed by atoms with van der Waals surface area (Å²) in [5.74, 6) is 0.119. The van der Waals surface area contributed by atoms with Crippen LogP contribution >= 0.6 is 0 Å². The highest BCUT2D eigenvalue weighted by Crippen LogP contribution is 2.22. The Morgan fingerprint density at radius 2 is 2.25 bits per heavy atom. The SMILES string of the molecule is CCC(C#N)S(=O)(=O)N1CCC(C)C(O)C1. The minimum atomic E-state index is -3.57. The summed E-state index contributed by atoms with van der Waals surface area (Å²) in [4.78, 5) is 0. The average Bonchev–Trinajstić information content (AvgIpc) is 2.23. The van der Waals surface area contributed by atoms with Gasteiger partial charge in [0, 0.05) is 13.1 Å². The number of piperidine rings is 1. The molecule has 3 unspecified atom stereocenters. The number of sulfonamides is 1. The van der Waals surface area contributed by atoms with E-state index in [0.717, 1.165) is 0 Å². The van der Waals surface area contributed by atoms with Crippen LogP contribution in [0.5, 0.6) is 0 Å². The molecule has 1 aliphatic rings. The molecule has 0 bridgehead atoms. The van der Waals surface area contributed by atoms with Crippen molar-refractivity contribution in [1.29, 1.82) is 5.26 Å². The molecule has 0 spiro atoms. The van der Waals surface area contributed by atoms with Gasteiger partial charge in [0.2, 0.25) is 10.0 Å². The highest BCUT2D eigenvalue weighted by Gasteiger charge is 2.36. The Hall–Kier alpha value is -0.640. The van der Waals surface area contributed by atoms with Gasteiger partial charge in [0.1, 0.15) is 0 Å². The van der Waals surface area contributed by atoms with E-state index < -0.39 is 21.4 Å². The molecule has 0 radical (unpaired) electrons. The van der Waals surface area contributed by atoms with Crippen LogP contribution < -0.4 is 0 Å². The van der Waals surface area contributed by atoms with Crippen molar-refractivity contribution >= 4 is 10.0 Å². The summed E-state index contributed by atoms with van der Waals surface area (Å²) in [7, 11) is -3.57. The molecule has 16 heavy (non-hydrogen) atoms. The lowest BCUT2D eigenvalue weighted by molar-refractivity contribution is 0.0603. The van der Waals surface area contributed by atoms with Crippen LogP contribution in [0, 0.1) is 17.2 Å². The number of hydrogen-bond donors (Lipinski definition) is 1. The van der Waals surface area contributed by atoms with Gasteiger partial charge in [-0.1, -0.05) is 13.8 Å². The summed E-state index contributed by atoms with van der Waals surface area (Å²) in [6.07, 6.45) is 0.295. The van der Waals surface area contributed by atoms with Crippen LogP contribution in [-0.4, -0.2) is 42.3 Å². The van der Waals surface area contributed by atoms with Crippen LogP contribution in [0.1, 0.15) is 26.7 Å². The van der Waals surface area contributed by atoms with Crippen molar-refractivity contribution < 1.29 is 13.5 Å². The number of aliphatic hydroxyl groups is 1. The topological polar surface area (TPSA) is 81.4 Å². The minimum Gasteiger partial charge on any atom is -0.391 e. The highest BCUT2D eigenvalue weighted by atomic mass is 32.2. The fourth-order valence-electron chi connectivity index (χ4n) is 1.80. The molecule has 1 rings (SSSR count). The van der Waals surface area contributed by atoms with Crippen molar-refractivity contribution in [3.05, 3.63) is 0 Å². The molecule has 1 fully saturated rings. The first-order valence-corrected chi connectivity index (χ1v) is 7.00. The van der Waals surface area contributed by atoms with Crippen LogP contribution in [0.15, 0.2) is 0 Å². The van der Waals surface area contributed by atoms with Crippen molar-refractivity contribution in [3.63, 3.8) is 0 Å². The van der Waals surface area contributed by atoms with E-state index >= 15 is 0 Å². The summed E-state index contributed by atoms with van der Waals surface area (Å²) in [5.41, 5.74) is 0. The Bertz CT molecular complexity index is 374. The molecule has 92 valence electrons. The fourth-order valence-corrected chi connectivity index (χ4v) is 3.43. The maximum atomic E-state index is 12.0. The van der Waals surface area contributed by atoms with Crippen molar-refractivity contribution in [3.8, 4) is 6.07 Å². The van der Waals surface area contributed by atoms with Gasteiger partial charge in [0.15, 0.2) is 5.25 Å². The smallest absolute Gasteiger partial charge is 0.230 e. The summed E-state index contributed by atoms with van der Waals surface area (Å²) in [5, 5.41) is 17.4. The lowest BCUT2D eigenvalue weighted by atomic mass is 9.98. The van der Waals surface area contributed by atoms with Gasteiger partial charge in [-0.3, -0.25) is 0 Å². The number of nitriles is 1. The van der Waals surface area contributed by atoms with Gasteiger partial charge >= 0.3 is 0 Å². The summed E-state index contributed by atoms with van der Waals surface area (Å²) in [6.45, 7) is 4.09. The molecule has 6 heteroatoms. The van der Waals surface area contributed by atoms with Crippen LogP contribution in [0.4, 0.5) is 0 Å². The van der Waals surface area contributed by atoms with Gasteiger partial charge < -0.3 is 5.11 Å². The van der Waals surface area contributed by atoms with Gasteiger partial charge in [-0.25, -0.2) is 8.42 Å². The van der Waals surface area contributed by atoms with E-state index in [2.05, 4.69) is 0 Å². The number of hydrogen-bond acceptors (Lipinski definition) is 4. The first kappa shape index (κ1) is 13.4. The first-order valence-electron chi connectivity index (χ1n) is 5.50. The molecular formula is C10H18N2O3S. The zero-order valence-corrected chi connectivity index (χ0v) is 10.4. The van der Waals surface area contributed by atoms with E-state index in [1.807, 2.05) is 6.92 Å². The van der Waals surface area contributed by atoms with Crippen LogP contribution in [-0.2, 0) is 10.0 Å². The van der Waals surface area contributed by atoms with Gasteiger partial charge in [-0.2, -0.15) is 9.57 Å². The van der Waals surface area contributed by atoms with Crippen LogP contribution in [0.2, 0.25) is 0 Å². The molecule has 0 aliphatic carbocycles. The third-order valence-corrected chi connectivity index (χ3v) is 5.32. The molecule has 1 aliphatic heterocycles. The average molecular weight is 246 g/mol. The summed E-state index contributed by atoms with van der Waals surface area (Å²) in [6, 6.07) is 1.80. The molecule has 0 aromatic carbocycles. The molecule has 3 atom stereocenters. The predicted molar refractivity (Wildman–Crippen MR) is 60.0 cm³/mol. The van der Waals surface area contributed by atoms with E-state index in [9.17, 15) is 13.5 Å². The molecule has 0 aromatic rings. The highest BCUT2D eigenvalue weighted by molar-refractivity contribution is 7.90. The quantitative estimate of drug-likeness (QED) is 0.777. The number of nitrogens with zero attached hydrogens (tertiary/aromatic N) is 2. The first-order chi connectivity index (χ1) is 7.43. The molecule has 1 heterocycles. The molecular weight excluding hydrogens is 228 g/mol. The fraction of sp³-hybridized carbons (Fsp3) is 0.900. The number of aliphatic hydroxyl groups excluding tert-OH is 1. The Balaban J connectivity index is 2.82. The monoisotopic (exact) mass is 246 g/mol. The standard InChI is InChI=1S/C10H18N2O3S/c1-3-9(6-11)16(14,15)12-5-4-8(2)10(13)7-12/h8-10,13H,3-5,7H2,1-2H3. The molecule has 0 aromatic heterocycles. The van der Waals surface area contributed by atoms with Crippen molar-refractivity contribution in [2.24, 2.45) is 5.92 Å². The van der Waals surface area contributed by atoms with E-state index in [0.29, 0.717) is 13.0 Å². The Kier molecular flexibility index (Phi) is 4.30. The van der Waals surface area contributed by atoms with Gasteiger partial charge in [-0.05, 0) is 18.8 Å². The lowest BCUT2D eigenvalue weighted by Crippen LogP contribution is -2.48. The second-order valence-electron chi connectivity index (χ2n) is 4.26. The minimum absolute atomic E-state index is 0.113. The normalized spacial score (nSPS) is 29.6. The zero-order valence-electron chi connectivity index (χ0n) is 9.63. The molecule has 0 saturated carbocycles. The van der Waals surface area contributed by atoms with E-state index in [1.165, 1.54) is 4.31 Å². The van der Waals surface area contributed by atoms with Crippen molar-refractivity contribution in [2.75, 3.05) is 13.1 Å². The largest absolute Gasteiger partial charge is 0.391 e. The molecule has 1 saturated heterocycles.